The van der Waals surface area contributed by atoms with Gasteiger partial charge in [-0.05, 0) is 13.0 Å². The van der Waals surface area contributed by atoms with Crippen molar-refractivity contribution in [1.29, 1.82) is 0 Å². The molecule has 7 heteroatoms. The molecule has 2 rings (SSSR count). The van der Waals surface area contributed by atoms with Crippen LogP contribution in [0.5, 0.6) is 5.75 Å². The number of sulfone groups is 1. The number of alkyl halides is 2. The zero-order valence-corrected chi connectivity index (χ0v) is 11.6. The SMILES string of the molecule is CC(NC1C=CS(=O)(=O)C1)c1ccccc1OC(F)F. The maximum Gasteiger partial charge on any atom is 0.387 e. The topological polar surface area (TPSA) is 55.4 Å². The summed E-state index contributed by atoms with van der Waals surface area (Å²) in [5.74, 6) is 0.0715. The van der Waals surface area contributed by atoms with Crippen LogP contribution in [0.2, 0.25) is 0 Å². The van der Waals surface area contributed by atoms with Gasteiger partial charge in [-0.1, -0.05) is 24.3 Å². The fraction of sp³-hybridized carbons (Fsp3) is 0.385. The van der Waals surface area contributed by atoms with E-state index in [9.17, 15) is 17.2 Å². The van der Waals surface area contributed by atoms with E-state index < -0.39 is 16.4 Å². The van der Waals surface area contributed by atoms with Crippen molar-refractivity contribution in [3.8, 4) is 5.75 Å². The van der Waals surface area contributed by atoms with E-state index in [1.54, 1.807) is 31.2 Å². The third kappa shape index (κ3) is 3.77. The summed E-state index contributed by atoms with van der Waals surface area (Å²) >= 11 is 0. The van der Waals surface area contributed by atoms with Crippen LogP contribution in [0.1, 0.15) is 18.5 Å². The molecule has 0 radical (unpaired) electrons. The molecule has 1 N–H and O–H groups in total. The van der Waals surface area contributed by atoms with Crippen molar-refractivity contribution in [3.05, 3.63) is 41.3 Å². The van der Waals surface area contributed by atoms with Crippen LogP contribution < -0.4 is 10.1 Å². The number of benzene rings is 1. The van der Waals surface area contributed by atoms with Gasteiger partial charge < -0.3 is 10.1 Å². The first-order chi connectivity index (χ1) is 9.37. The van der Waals surface area contributed by atoms with Crippen LogP contribution >= 0.6 is 0 Å². The summed E-state index contributed by atoms with van der Waals surface area (Å²) in [6.45, 7) is -1.12. The summed E-state index contributed by atoms with van der Waals surface area (Å²) in [5.41, 5.74) is 0.561. The van der Waals surface area contributed by atoms with E-state index in [0.29, 0.717) is 5.56 Å². The Morgan fingerprint density at radius 2 is 2.05 bits per heavy atom. The van der Waals surface area contributed by atoms with Gasteiger partial charge in [0, 0.05) is 23.1 Å². The molecule has 110 valence electrons. The Hall–Kier alpha value is -1.47. The van der Waals surface area contributed by atoms with Crippen molar-refractivity contribution in [2.45, 2.75) is 25.6 Å². The van der Waals surface area contributed by atoms with E-state index in [2.05, 4.69) is 10.1 Å². The third-order valence-corrected chi connectivity index (χ3v) is 4.39. The summed E-state index contributed by atoms with van der Waals surface area (Å²) in [4.78, 5) is 0. The molecule has 1 aromatic rings. The summed E-state index contributed by atoms with van der Waals surface area (Å²) in [5, 5.41) is 4.24. The van der Waals surface area contributed by atoms with Gasteiger partial charge in [0.15, 0.2) is 9.84 Å². The van der Waals surface area contributed by atoms with Gasteiger partial charge in [-0.25, -0.2) is 8.42 Å². The van der Waals surface area contributed by atoms with Crippen LogP contribution in [0.25, 0.3) is 0 Å². The first kappa shape index (κ1) is 14.9. The minimum absolute atomic E-state index is 0.0186. The van der Waals surface area contributed by atoms with Crippen LogP contribution in [0.3, 0.4) is 0 Å². The van der Waals surface area contributed by atoms with Gasteiger partial charge >= 0.3 is 6.61 Å². The highest BCUT2D eigenvalue weighted by Gasteiger charge is 2.24. The molecule has 0 aromatic heterocycles. The molecular weight excluding hydrogens is 288 g/mol. The number of hydrogen-bond acceptors (Lipinski definition) is 4. The van der Waals surface area contributed by atoms with Gasteiger partial charge in [-0.3, -0.25) is 0 Å². The fourth-order valence-electron chi connectivity index (χ4n) is 2.13. The monoisotopic (exact) mass is 303 g/mol. The minimum Gasteiger partial charge on any atom is -0.434 e. The first-order valence-electron chi connectivity index (χ1n) is 6.08. The molecule has 0 fully saturated rings. The Morgan fingerprint density at radius 3 is 2.65 bits per heavy atom. The van der Waals surface area contributed by atoms with Crippen LogP contribution in [0.15, 0.2) is 35.7 Å². The molecule has 2 atom stereocenters. The molecule has 1 heterocycles. The van der Waals surface area contributed by atoms with Crippen molar-refractivity contribution in [2.24, 2.45) is 0 Å². The molecular formula is C13H15F2NO3S. The Kier molecular flexibility index (Phi) is 4.39. The van der Waals surface area contributed by atoms with Crippen LogP contribution in [0.4, 0.5) is 8.78 Å². The summed E-state index contributed by atoms with van der Waals surface area (Å²) in [6, 6.07) is 5.81. The van der Waals surface area contributed by atoms with Crippen molar-refractivity contribution in [1.82, 2.24) is 5.32 Å². The van der Waals surface area contributed by atoms with Crippen molar-refractivity contribution in [3.63, 3.8) is 0 Å². The lowest BCUT2D eigenvalue weighted by Crippen LogP contribution is -2.32. The van der Waals surface area contributed by atoms with Gasteiger partial charge in [-0.15, -0.1) is 0 Å². The molecule has 20 heavy (non-hydrogen) atoms. The van der Waals surface area contributed by atoms with Crippen molar-refractivity contribution < 1.29 is 21.9 Å². The highest BCUT2D eigenvalue weighted by Crippen LogP contribution is 2.27. The lowest BCUT2D eigenvalue weighted by atomic mass is 10.1. The molecule has 2 unspecified atom stereocenters. The van der Waals surface area contributed by atoms with Crippen LogP contribution in [0, 0.1) is 0 Å². The van der Waals surface area contributed by atoms with Crippen molar-refractivity contribution >= 4 is 9.84 Å². The highest BCUT2D eigenvalue weighted by molar-refractivity contribution is 7.94. The number of nitrogens with one attached hydrogen (secondary N) is 1. The van der Waals surface area contributed by atoms with Gasteiger partial charge in [0.05, 0.1) is 5.75 Å². The quantitative estimate of drug-likeness (QED) is 0.906. The second-order valence-electron chi connectivity index (χ2n) is 4.57. The van der Waals surface area contributed by atoms with Crippen LogP contribution in [-0.2, 0) is 9.84 Å². The van der Waals surface area contributed by atoms with E-state index in [1.807, 2.05) is 0 Å². The van der Waals surface area contributed by atoms with E-state index in [0.717, 1.165) is 0 Å². The molecule has 0 saturated heterocycles. The molecule has 0 spiro atoms. The molecule has 4 nitrogen and oxygen atoms in total. The zero-order chi connectivity index (χ0) is 14.8. The third-order valence-electron chi connectivity index (χ3n) is 3.00. The number of hydrogen-bond donors (Lipinski definition) is 1. The number of para-hydroxylation sites is 1. The van der Waals surface area contributed by atoms with Gasteiger partial charge in [-0.2, -0.15) is 8.78 Å². The number of ether oxygens (including phenoxy) is 1. The second kappa shape index (κ2) is 5.88. The molecule has 1 aliphatic heterocycles. The number of rotatable bonds is 5. The molecule has 1 aromatic carbocycles. The average Bonchev–Trinajstić information content (AvgIpc) is 2.68. The average molecular weight is 303 g/mol. The molecule has 0 aliphatic carbocycles. The molecule has 0 saturated carbocycles. The lowest BCUT2D eigenvalue weighted by Gasteiger charge is -2.20. The first-order valence-corrected chi connectivity index (χ1v) is 7.80. The summed E-state index contributed by atoms with van der Waals surface area (Å²) in [7, 11) is -3.15. The van der Waals surface area contributed by atoms with Gasteiger partial charge in [0.2, 0.25) is 0 Å². The maximum atomic E-state index is 12.3. The summed E-state index contributed by atoms with van der Waals surface area (Å²) < 4.78 is 51.8. The maximum absolute atomic E-state index is 12.3. The predicted octanol–water partition coefficient (Wildman–Crippen LogP) is 2.25. The van der Waals surface area contributed by atoms with E-state index in [4.69, 9.17) is 0 Å². The standard InChI is InChI=1S/C13H15F2NO3S/c1-9(16-10-6-7-20(17,18)8-10)11-4-2-3-5-12(11)19-13(14)15/h2-7,9-10,13,16H,8H2,1H3. The van der Waals surface area contributed by atoms with E-state index in [1.165, 1.54) is 11.5 Å². The Balaban J connectivity index is 2.10. The summed E-state index contributed by atoms with van der Waals surface area (Å²) in [6.07, 6.45) is 1.56. The predicted molar refractivity (Wildman–Crippen MR) is 71.3 cm³/mol. The van der Waals surface area contributed by atoms with E-state index in [-0.39, 0.29) is 23.6 Å². The lowest BCUT2D eigenvalue weighted by molar-refractivity contribution is -0.0506. The second-order valence-corrected chi connectivity index (χ2v) is 6.50. The molecule has 1 aliphatic rings. The van der Waals surface area contributed by atoms with Crippen molar-refractivity contribution in [2.75, 3.05) is 5.75 Å². The minimum atomic E-state index is -3.15. The Labute approximate surface area is 116 Å². The fourth-order valence-corrected chi connectivity index (χ4v) is 3.38. The van der Waals surface area contributed by atoms with E-state index >= 15 is 0 Å². The zero-order valence-electron chi connectivity index (χ0n) is 10.8. The Morgan fingerprint density at radius 1 is 1.35 bits per heavy atom. The normalized spacial score (nSPS) is 22.1. The highest BCUT2D eigenvalue weighted by atomic mass is 32.2. The Bertz CT molecular complexity index is 601. The van der Waals surface area contributed by atoms with Gasteiger partial charge in [0.1, 0.15) is 5.75 Å². The van der Waals surface area contributed by atoms with Gasteiger partial charge in [0.25, 0.3) is 0 Å². The molecule has 0 amide bonds. The largest absolute Gasteiger partial charge is 0.434 e. The van der Waals surface area contributed by atoms with Crippen LogP contribution in [-0.4, -0.2) is 26.8 Å². The molecule has 0 bridgehead atoms. The smallest absolute Gasteiger partial charge is 0.387 e. The number of halogens is 2.